The van der Waals surface area contributed by atoms with Crippen LogP contribution in [0.3, 0.4) is 0 Å². The average molecular weight is 263 g/mol. The molecule has 94 valence electrons. The summed E-state index contributed by atoms with van der Waals surface area (Å²) in [6.45, 7) is 2.15. The van der Waals surface area contributed by atoms with Crippen LogP contribution in [0.25, 0.3) is 0 Å². The smallest absolute Gasteiger partial charge is 0.149 e. The van der Waals surface area contributed by atoms with E-state index in [1.807, 2.05) is 12.3 Å². The van der Waals surface area contributed by atoms with Gasteiger partial charge < -0.3 is 5.32 Å². The molecule has 18 heavy (non-hydrogen) atoms. The second kappa shape index (κ2) is 6.31. The molecule has 0 bridgehead atoms. The first-order valence-corrected chi connectivity index (χ1v) is 6.31. The van der Waals surface area contributed by atoms with Crippen molar-refractivity contribution < 1.29 is 0 Å². The molecule has 0 saturated heterocycles. The molecule has 4 nitrogen and oxygen atoms in total. The number of aromatic nitrogens is 3. The molecule has 0 unspecified atom stereocenters. The summed E-state index contributed by atoms with van der Waals surface area (Å²) >= 11 is 5.83. The summed E-state index contributed by atoms with van der Waals surface area (Å²) in [5, 5.41) is 3.73. The van der Waals surface area contributed by atoms with Crippen molar-refractivity contribution in [2.75, 3.05) is 5.32 Å². The van der Waals surface area contributed by atoms with E-state index in [9.17, 15) is 0 Å². The molecule has 0 saturated carbocycles. The number of nitrogens with zero attached hydrogens (tertiary/aromatic N) is 3. The SMILES string of the molecule is CCC[C@H](Nc1cncc(Cl)n1)c1cccnc1. The van der Waals surface area contributed by atoms with E-state index in [-0.39, 0.29) is 6.04 Å². The number of hydrogen-bond donors (Lipinski definition) is 1. The maximum atomic E-state index is 5.83. The van der Waals surface area contributed by atoms with E-state index >= 15 is 0 Å². The van der Waals surface area contributed by atoms with Gasteiger partial charge in [0.2, 0.25) is 0 Å². The first-order valence-electron chi connectivity index (χ1n) is 5.93. The van der Waals surface area contributed by atoms with Gasteiger partial charge in [0, 0.05) is 12.4 Å². The number of nitrogens with one attached hydrogen (secondary N) is 1. The highest BCUT2D eigenvalue weighted by molar-refractivity contribution is 6.29. The molecule has 2 aromatic heterocycles. The molecule has 2 heterocycles. The minimum absolute atomic E-state index is 0.177. The summed E-state index contributed by atoms with van der Waals surface area (Å²) in [6.07, 6.45) is 8.90. The fourth-order valence-electron chi connectivity index (χ4n) is 1.78. The molecule has 1 atom stereocenters. The Kier molecular flexibility index (Phi) is 4.47. The van der Waals surface area contributed by atoms with Gasteiger partial charge >= 0.3 is 0 Å². The van der Waals surface area contributed by atoms with Gasteiger partial charge in [-0.25, -0.2) is 4.98 Å². The van der Waals surface area contributed by atoms with Crippen molar-refractivity contribution in [3.8, 4) is 0 Å². The number of hydrogen-bond acceptors (Lipinski definition) is 4. The zero-order valence-corrected chi connectivity index (χ0v) is 10.9. The lowest BCUT2D eigenvalue weighted by Gasteiger charge is -2.18. The molecule has 0 radical (unpaired) electrons. The largest absolute Gasteiger partial charge is 0.362 e. The quantitative estimate of drug-likeness (QED) is 0.896. The third-order valence-corrected chi connectivity index (χ3v) is 2.77. The normalized spacial score (nSPS) is 12.1. The lowest BCUT2D eigenvalue weighted by molar-refractivity contribution is 0.671. The standard InChI is InChI=1S/C13H15ClN4/c1-2-4-11(10-5-3-6-15-7-10)17-13-9-16-8-12(14)18-13/h3,5-9,11H,2,4H2,1H3,(H,17,18)/t11-/m0/s1. The Labute approximate surface area is 111 Å². The molecule has 2 rings (SSSR count). The van der Waals surface area contributed by atoms with Crippen molar-refractivity contribution in [2.24, 2.45) is 0 Å². The maximum absolute atomic E-state index is 5.83. The molecule has 0 amide bonds. The number of pyridine rings is 1. The van der Waals surface area contributed by atoms with Crippen molar-refractivity contribution in [1.29, 1.82) is 0 Å². The van der Waals surface area contributed by atoms with E-state index in [0.29, 0.717) is 11.0 Å². The lowest BCUT2D eigenvalue weighted by atomic mass is 10.0. The third-order valence-electron chi connectivity index (χ3n) is 2.59. The maximum Gasteiger partial charge on any atom is 0.149 e. The number of anilines is 1. The topological polar surface area (TPSA) is 50.7 Å². The van der Waals surface area contributed by atoms with Crippen LogP contribution >= 0.6 is 11.6 Å². The van der Waals surface area contributed by atoms with Gasteiger partial charge in [0.1, 0.15) is 11.0 Å². The summed E-state index contributed by atoms with van der Waals surface area (Å²) in [5.41, 5.74) is 1.14. The van der Waals surface area contributed by atoms with Gasteiger partial charge in [-0.15, -0.1) is 0 Å². The molecule has 0 aliphatic carbocycles. The highest BCUT2D eigenvalue weighted by Crippen LogP contribution is 2.22. The monoisotopic (exact) mass is 262 g/mol. The van der Waals surface area contributed by atoms with E-state index in [1.54, 1.807) is 12.4 Å². The summed E-state index contributed by atoms with van der Waals surface area (Å²) in [7, 11) is 0. The fraction of sp³-hybridized carbons (Fsp3) is 0.308. The van der Waals surface area contributed by atoms with Gasteiger partial charge in [0.25, 0.3) is 0 Å². The van der Waals surface area contributed by atoms with Gasteiger partial charge in [0.05, 0.1) is 18.4 Å². The minimum Gasteiger partial charge on any atom is -0.362 e. The Hall–Kier alpha value is -1.68. The Balaban J connectivity index is 2.16. The van der Waals surface area contributed by atoms with Gasteiger partial charge in [-0.3, -0.25) is 9.97 Å². The highest BCUT2D eigenvalue weighted by atomic mass is 35.5. The molecule has 0 fully saturated rings. The van der Waals surface area contributed by atoms with Crippen LogP contribution in [0, 0.1) is 0 Å². The molecule has 0 aromatic carbocycles. The lowest BCUT2D eigenvalue weighted by Crippen LogP contribution is -2.12. The molecule has 1 N–H and O–H groups in total. The van der Waals surface area contributed by atoms with Crippen LogP contribution in [-0.2, 0) is 0 Å². The van der Waals surface area contributed by atoms with Gasteiger partial charge in [-0.05, 0) is 18.1 Å². The predicted octanol–water partition coefficient (Wildman–Crippen LogP) is 3.48. The van der Waals surface area contributed by atoms with Gasteiger partial charge in [-0.1, -0.05) is 31.0 Å². The minimum atomic E-state index is 0.177. The van der Waals surface area contributed by atoms with E-state index in [0.717, 1.165) is 18.4 Å². The van der Waals surface area contributed by atoms with Crippen LogP contribution in [0.5, 0.6) is 0 Å². The Morgan fingerprint density at radius 2 is 2.17 bits per heavy atom. The summed E-state index contributed by atoms with van der Waals surface area (Å²) in [5.74, 6) is 0.685. The van der Waals surface area contributed by atoms with Crippen LogP contribution in [0.4, 0.5) is 5.82 Å². The molecule has 2 aromatic rings. The second-order valence-corrected chi connectivity index (χ2v) is 4.39. The Morgan fingerprint density at radius 1 is 1.28 bits per heavy atom. The molecule has 0 aliphatic heterocycles. The van der Waals surface area contributed by atoms with Crippen molar-refractivity contribution in [2.45, 2.75) is 25.8 Å². The molecule has 5 heteroatoms. The Morgan fingerprint density at radius 3 is 2.83 bits per heavy atom. The van der Waals surface area contributed by atoms with Crippen LogP contribution in [0.15, 0.2) is 36.9 Å². The summed E-state index contributed by atoms with van der Waals surface area (Å²) < 4.78 is 0. The van der Waals surface area contributed by atoms with E-state index < -0.39 is 0 Å². The number of rotatable bonds is 5. The van der Waals surface area contributed by atoms with Crippen LogP contribution < -0.4 is 5.32 Å². The molecule has 0 spiro atoms. The zero-order chi connectivity index (χ0) is 12.8. The van der Waals surface area contributed by atoms with Crippen LogP contribution in [0.2, 0.25) is 5.15 Å². The highest BCUT2D eigenvalue weighted by Gasteiger charge is 2.11. The first-order chi connectivity index (χ1) is 8.79. The van der Waals surface area contributed by atoms with Gasteiger partial charge in [0.15, 0.2) is 0 Å². The molecular formula is C13H15ClN4. The fourth-order valence-corrected chi connectivity index (χ4v) is 1.93. The average Bonchev–Trinajstić information content (AvgIpc) is 2.39. The van der Waals surface area contributed by atoms with Crippen molar-refractivity contribution >= 4 is 17.4 Å². The van der Waals surface area contributed by atoms with Crippen LogP contribution in [0.1, 0.15) is 31.4 Å². The predicted molar refractivity (Wildman–Crippen MR) is 72.6 cm³/mol. The second-order valence-electron chi connectivity index (χ2n) is 4.00. The molecular weight excluding hydrogens is 248 g/mol. The van der Waals surface area contributed by atoms with E-state index in [2.05, 4.69) is 33.3 Å². The Bertz CT molecular complexity index is 489. The van der Waals surface area contributed by atoms with Crippen LogP contribution in [-0.4, -0.2) is 15.0 Å². The zero-order valence-electron chi connectivity index (χ0n) is 10.2. The third kappa shape index (κ3) is 3.40. The van der Waals surface area contributed by atoms with Crippen molar-refractivity contribution in [3.05, 3.63) is 47.6 Å². The van der Waals surface area contributed by atoms with E-state index in [4.69, 9.17) is 11.6 Å². The van der Waals surface area contributed by atoms with E-state index in [1.165, 1.54) is 6.20 Å². The van der Waals surface area contributed by atoms with Gasteiger partial charge in [-0.2, -0.15) is 0 Å². The van der Waals surface area contributed by atoms with Crippen molar-refractivity contribution in [3.63, 3.8) is 0 Å². The number of halogens is 1. The first kappa shape index (κ1) is 12.8. The molecule has 0 aliphatic rings. The summed E-state index contributed by atoms with van der Waals surface area (Å²) in [6, 6.07) is 4.17. The summed E-state index contributed by atoms with van der Waals surface area (Å²) in [4.78, 5) is 12.4. The van der Waals surface area contributed by atoms with Crippen molar-refractivity contribution in [1.82, 2.24) is 15.0 Å².